The summed E-state index contributed by atoms with van der Waals surface area (Å²) in [7, 11) is 0. The molecule has 1 aromatic carbocycles. The van der Waals surface area contributed by atoms with Gasteiger partial charge in [-0.15, -0.1) is 0 Å². The summed E-state index contributed by atoms with van der Waals surface area (Å²) in [5.74, 6) is 0.917. The molecular formula is C34H60. The van der Waals surface area contributed by atoms with Gasteiger partial charge in [0.2, 0.25) is 0 Å². The minimum Gasteiger partial charge on any atom is -0.0654 e. The minimum absolute atomic E-state index is 0.466. The van der Waals surface area contributed by atoms with Gasteiger partial charge in [0.25, 0.3) is 0 Å². The van der Waals surface area contributed by atoms with E-state index in [2.05, 4.69) is 45.0 Å². The SMILES string of the molecule is CCCCCCCCC1CCc2ccccc2C1(CCCCCCCC)CCCCCCCC. The van der Waals surface area contributed by atoms with Crippen LogP contribution in [-0.2, 0) is 11.8 Å². The summed E-state index contributed by atoms with van der Waals surface area (Å²) in [5, 5.41) is 0. The highest BCUT2D eigenvalue weighted by molar-refractivity contribution is 5.38. The van der Waals surface area contributed by atoms with Crippen molar-refractivity contribution in [3.05, 3.63) is 35.4 Å². The lowest BCUT2D eigenvalue weighted by Gasteiger charge is -2.47. The second-order valence-corrected chi connectivity index (χ2v) is 11.6. The maximum absolute atomic E-state index is 2.55. The Morgan fingerprint density at radius 2 is 1.06 bits per heavy atom. The Morgan fingerprint density at radius 1 is 0.588 bits per heavy atom. The molecule has 0 fully saturated rings. The van der Waals surface area contributed by atoms with E-state index in [1.807, 2.05) is 0 Å². The summed E-state index contributed by atoms with van der Waals surface area (Å²) in [6.07, 6.45) is 32.9. The lowest BCUT2D eigenvalue weighted by Crippen LogP contribution is -2.40. The zero-order chi connectivity index (χ0) is 24.3. The maximum atomic E-state index is 2.55. The predicted molar refractivity (Wildman–Crippen MR) is 154 cm³/mol. The number of hydrogen-bond acceptors (Lipinski definition) is 0. The topological polar surface area (TPSA) is 0 Å². The first kappa shape index (κ1) is 29.5. The van der Waals surface area contributed by atoms with Crippen LogP contribution in [0.5, 0.6) is 0 Å². The molecule has 1 unspecified atom stereocenters. The highest BCUT2D eigenvalue weighted by Crippen LogP contribution is 2.50. The highest BCUT2D eigenvalue weighted by Gasteiger charge is 2.42. The fraction of sp³-hybridized carbons (Fsp3) is 0.824. The zero-order valence-corrected chi connectivity index (χ0v) is 23.7. The second-order valence-electron chi connectivity index (χ2n) is 11.6. The number of aryl methyl sites for hydroxylation is 1. The van der Waals surface area contributed by atoms with Crippen molar-refractivity contribution in [2.24, 2.45) is 5.92 Å². The number of unbranched alkanes of at least 4 members (excludes halogenated alkanes) is 15. The third-order valence-electron chi connectivity index (χ3n) is 8.96. The number of fused-ring (bicyclic) bond motifs is 1. The molecule has 0 heteroatoms. The van der Waals surface area contributed by atoms with Crippen molar-refractivity contribution in [2.45, 2.75) is 174 Å². The standard InChI is InChI=1S/C34H60/c1-4-7-10-13-16-19-25-32-28-27-31-24-20-21-26-33(31)34(32,29-22-17-14-11-8-5-2)30-23-18-15-12-9-6-3/h20-21,24,26,32H,4-19,22-23,25,27-30H2,1-3H3. The lowest BCUT2D eigenvalue weighted by molar-refractivity contribution is 0.174. The van der Waals surface area contributed by atoms with Gasteiger partial charge < -0.3 is 0 Å². The molecule has 0 amide bonds. The van der Waals surface area contributed by atoms with Gasteiger partial charge in [-0.1, -0.05) is 161 Å². The molecule has 196 valence electrons. The Kier molecular flexibility index (Phi) is 16.0. The molecule has 0 aromatic heterocycles. The fourth-order valence-electron chi connectivity index (χ4n) is 6.89. The van der Waals surface area contributed by atoms with Crippen molar-refractivity contribution >= 4 is 0 Å². The van der Waals surface area contributed by atoms with Crippen LogP contribution in [0.2, 0.25) is 0 Å². The average molecular weight is 469 g/mol. The Hall–Kier alpha value is -0.780. The third-order valence-corrected chi connectivity index (χ3v) is 8.96. The molecule has 1 aliphatic rings. The molecule has 1 atom stereocenters. The molecular weight excluding hydrogens is 408 g/mol. The fourth-order valence-corrected chi connectivity index (χ4v) is 6.89. The van der Waals surface area contributed by atoms with E-state index in [1.54, 1.807) is 11.1 Å². The van der Waals surface area contributed by atoms with E-state index in [0.29, 0.717) is 5.41 Å². The van der Waals surface area contributed by atoms with Gasteiger partial charge in [0.05, 0.1) is 0 Å². The molecule has 0 radical (unpaired) electrons. The van der Waals surface area contributed by atoms with E-state index in [9.17, 15) is 0 Å². The van der Waals surface area contributed by atoms with Crippen molar-refractivity contribution in [3.8, 4) is 0 Å². The summed E-state index contributed by atoms with van der Waals surface area (Å²) in [5.41, 5.74) is 3.94. The molecule has 1 aromatic rings. The molecule has 0 aliphatic heterocycles. The molecule has 0 saturated carbocycles. The maximum Gasteiger partial charge on any atom is -0.00159 e. The van der Waals surface area contributed by atoms with Crippen LogP contribution < -0.4 is 0 Å². The monoisotopic (exact) mass is 468 g/mol. The predicted octanol–water partition coefficient (Wildman–Crippen LogP) is 11.7. The molecule has 0 N–H and O–H groups in total. The van der Waals surface area contributed by atoms with Gasteiger partial charge in [0.1, 0.15) is 0 Å². The zero-order valence-electron chi connectivity index (χ0n) is 23.7. The quantitative estimate of drug-likeness (QED) is 0.157. The van der Waals surface area contributed by atoms with E-state index >= 15 is 0 Å². The first-order valence-corrected chi connectivity index (χ1v) is 15.9. The summed E-state index contributed by atoms with van der Waals surface area (Å²) >= 11 is 0. The summed E-state index contributed by atoms with van der Waals surface area (Å²) in [4.78, 5) is 0. The van der Waals surface area contributed by atoms with Gasteiger partial charge in [-0.3, -0.25) is 0 Å². The number of rotatable bonds is 21. The van der Waals surface area contributed by atoms with Crippen molar-refractivity contribution in [1.82, 2.24) is 0 Å². The molecule has 34 heavy (non-hydrogen) atoms. The van der Waals surface area contributed by atoms with E-state index in [4.69, 9.17) is 0 Å². The first-order chi connectivity index (χ1) is 16.8. The van der Waals surface area contributed by atoms with E-state index in [0.717, 1.165) is 5.92 Å². The van der Waals surface area contributed by atoms with Gasteiger partial charge in [0.15, 0.2) is 0 Å². The Morgan fingerprint density at radius 3 is 1.62 bits per heavy atom. The molecule has 0 nitrogen and oxygen atoms in total. The Labute approximate surface area is 215 Å². The van der Waals surface area contributed by atoms with E-state index < -0.39 is 0 Å². The van der Waals surface area contributed by atoms with Crippen molar-refractivity contribution in [2.75, 3.05) is 0 Å². The summed E-state index contributed by atoms with van der Waals surface area (Å²) in [6, 6.07) is 9.67. The molecule has 2 rings (SSSR count). The van der Waals surface area contributed by atoms with Crippen LogP contribution in [0, 0.1) is 5.92 Å². The van der Waals surface area contributed by atoms with E-state index in [1.165, 1.54) is 148 Å². The van der Waals surface area contributed by atoms with Gasteiger partial charge in [-0.25, -0.2) is 0 Å². The number of benzene rings is 1. The van der Waals surface area contributed by atoms with Gasteiger partial charge in [0, 0.05) is 0 Å². The minimum atomic E-state index is 0.466. The van der Waals surface area contributed by atoms with Crippen molar-refractivity contribution < 1.29 is 0 Å². The number of hydrogen-bond donors (Lipinski definition) is 0. The molecule has 1 aliphatic carbocycles. The van der Waals surface area contributed by atoms with E-state index in [-0.39, 0.29) is 0 Å². The van der Waals surface area contributed by atoms with Crippen molar-refractivity contribution in [1.29, 1.82) is 0 Å². The van der Waals surface area contributed by atoms with Crippen LogP contribution in [0.4, 0.5) is 0 Å². The highest BCUT2D eigenvalue weighted by atomic mass is 14.5. The molecule has 0 saturated heterocycles. The van der Waals surface area contributed by atoms with Crippen LogP contribution in [0.1, 0.15) is 173 Å². The Bertz CT molecular complexity index is 584. The van der Waals surface area contributed by atoms with Crippen LogP contribution in [0.3, 0.4) is 0 Å². The largest absolute Gasteiger partial charge is 0.0654 e. The first-order valence-electron chi connectivity index (χ1n) is 15.9. The lowest BCUT2D eigenvalue weighted by atomic mass is 9.57. The van der Waals surface area contributed by atoms with Crippen LogP contribution >= 0.6 is 0 Å². The van der Waals surface area contributed by atoms with Gasteiger partial charge in [-0.05, 0) is 54.6 Å². The third kappa shape index (κ3) is 10.1. The van der Waals surface area contributed by atoms with Crippen LogP contribution in [-0.4, -0.2) is 0 Å². The smallest absolute Gasteiger partial charge is 0.00159 e. The normalized spacial score (nSPS) is 17.1. The molecule has 0 spiro atoms. The van der Waals surface area contributed by atoms with Gasteiger partial charge >= 0.3 is 0 Å². The summed E-state index contributed by atoms with van der Waals surface area (Å²) in [6.45, 7) is 7.00. The molecule has 0 bridgehead atoms. The second kappa shape index (κ2) is 18.5. The molecule has 0 heterocycles. The van der Waals surface area contributed by atoms with Crippen molar-refractivity contribution in [3.63, 3.8) is 0 Å². The van der Waals surface area contributed by atoms with Crippen LogP contribution in [0.25, 0.3) is 0 Å². The van der Waals surface area contributed by atoms with Crippen LogP contribution in [0.15, 0.2) is 24.3 Å². The summed E-state index contributed by atoms with van der Waals surface area (Å²) < 4.78 is 0. The Balaban J connectivity index is 2.08. The average Bonchev–Trinajstić information content (AvgIpc) is 2.86. The van der Waals surface area contributed by atoms with Gasteiger partial charge in [-0.2, -0.15) is 0 Å².